The Kier molecular flexibility index (Phi) is 3.82. The van der Waals surface area contributed by atoms with E-state index in [1.807, 2.05) is 31.2 Å². The highest BCUT2D eigenvalue weighted by atomic mass is 32.2. The van der Waals surface area contributed by atoms with Crippen molar-refractivity contribution in [3.63, 3.8) is 0 Å². The Hall–Kier alpha value is -1.32. The van der Waals surface area contributed by atoms with Gasteiger partial charge in [0.15, 0.2) is 0 Å². The number of aliphatic hydroxyl groups excluding tert-OH is 1. The van der Waals surface area contributed by atoms with E-state index in [-0.39, 0.29) is 0 Å². The van der Waals surface area contributed by atoms with E-state index in [1.165, 1.54) is 4.90 Å². The van der Waals surface area contributed by atoms with Crippen molar-refractivity contribution in [1.29, 1.82) is 0 Å². The lowest BCUT2D eigenvalue weighted by Gasteiger charge is -2.09. The van der Waals surface area contributed by atoms with Gasteiger partial charge in [-0.2, -0.15) is 0 Å². The van der Waals surface area contributed by atoms with Crippen LogP contribution < -0.4 is 0 Å². The second-order valence-corrected chi connectivity index (χ2v) is 5.06. The zero-order valence-corrected chi connectivity index (χ0v) is 10.7. The maximum Gasteiger partial charge on any atom is 0.101 e. The van der Waals surface area contributed by atoms with Crippen LogP contribution in [0, 0.1) is 6.92 Å². The summed E-state index contributed by atoms with van der Waals surface area (Å²) in [7, 11) is 0. The lowest BCUT2D eigenvalue weighted by Crippen LogP contribution is -1.96. The molecule has 88 valence electrons. The fourth-order valence-electron chi connectivity index (χ4n) is 1.64. The third-order valence-corrected chi connectivity index (χ3v) is 3.48. The van der Waals surface area contributed by atoms with Crippen LogP contribution in [-0.4, -0.2) is 10.1 Å². The SMILES string of the molecule is Cc1cc(Sc2ccccc2)ncc1C(C)O. The molecule has 2 rings (SSSR count). The van der Waals surface area contributed by atoms with E-state index in [9.17, 15) is 5.11 Å². The number of aliphatic hydroxyl groups is 1. The highest BCUT2D eigenvalue weighted by Gasteiger charge is 2.07. The maximum absolute atomic E-state index is 9.54. The quantitative estimate of drug-likeness (QED) is 0.897. The lowest BCUT2D eigenvalue weighted by molar-refractivity contribution is 0.198. The van der Waals surface area contributed by atoms with Crippen molar-refractivity contribution in [2.75, 3.05) is 0 Å². The van der Waals surface area contributed by atoms with Crippen LogP contribution in [0.3, 0.4) is 0 Å². The molecule has 0 amide bonds. The molecule has 2 aromatic rings. The topological polar surface area (TPSA) is 33.1 Å². The van der Waals surface area contributed by atoms with Gasteiger partial charge in [-0.15, -0.1) is 0 Å². The molecule has 0 fully saturated rings. The fraction of sp³-hybridized carbons (Fsp3) is 0.214. The summed E-state index contributed by atoms with van der Waals surface area (Å²) >= 11 is 1.63. The van der Waals surface area contributed by atoms with Gasteiger partial charge in [-0.25, -0.2) is 4.98 Å². The van der Waals surface area contributed by atoms with Crippen LogP contribution in [0.25, 0.3) is 0 Å². The standard InChI is InChI=1S/C14H15NOS/c1-10-8-14(15-9-13(10)11(2)16)17-12-6-4-3-5-7-12/h3-9,11,16H,1-2H3. The van der Waals surface area contributed by atoms with Gasteiger partial charge in [-0.05, 0) is 37.6 Å². The minimum Gasteiger partial charge on any atom is -0.389 e. The molecule has 0 aliphatic carbocycles. The number of benzene rings is 1. The summed E-state index contributed by atoms with van der Waals surface area (Å²) in [5.74, 6) is 0. The smallest absolute Gasteiger partial charge is 0.101 e. The average molecular weight is 245 g/mol. The first-order valence-corrected chi connectivity index (χ1v) is 6.36. The Morgan fingerprint density at radius 1 is 1.24 bits per heavy atom. The van der Waals surface area contributed by atoms with Crippen LogP contribution in [0.5, 0.6) is 0 Å². The molecule has 2 nitrogen and oxygen atoms in total. The molecule has 0 aliphatic rings. The molecule has 17 heavy (non-hydrogen) atoms. The normalized spacial score (nSPS) is 12.4. The number of aromatic nitrogens is 1. The summed E-state index contributed by atoms with van der Waals surface area (Å²) in [6.45, 7) is 3.76. The van der Waals surface area contributed by atoms with Crippen molar-refractivity contribution < 1.29 is 5.11 Å². The number of hydrogen-bond acceptors (Lipinski definition) is 3. The number of hydrogen-bond donors (Lipinski definition) is 1. The van der Waals surface area contributed by atoms with Crippen LogP contribution in [0.1, 0.15) is 24.2 Å². The van der Waals surface area contributed by atoms with Gasteiger partial charge in [0.05, 0.1) is 6.10 Å². The lowest BCUT2D eigenvalue weighted by atomic mass is 10.1. The van der Waals surface area contributed by atoms with Crippen LogP contribution >= 0.6 is 11.8 Å². The fourth-order valence-corrected chi connectivity index (χ4v) is 2.52. The molecule has 0 saturated heterocycles. The molecule has 0 aliphatic heterocycles. The summed E-state index contributed by atoms with van der Waals surface area (Å²) in [5.41, 5.74) is 1.97. The molecule has 0 bridgehead atoms. The van der Waals surface area contributed by atoms with E-state index in [4.69, 9.17) is 0 Å². The molecule has 1 N–H and O–H groups in total. The van der Waals surface area contributed by atoms with Crippen molar-refractivity contribution >= 4 is 11.8 Å². The molecule has 1 aromatic heterocycles. The monoisotopic (exact) mass is 245 g/mol. The number of aryl methyl sites for hydroxylation is 1. The first-order valence-electron chi connectivity index (χ1n) is 5.54. The second-order valence-electron chi connectivity index (χ2n) is 3.97. The van der Waals surface area contributed by atoms with E-state index in [2.05, 4.69) is 17.1 Å². The predicted octanol–water partition coefficient (Wildman–Crippen LogP) is 3.59. The molecular formula is C14H15NOS. The Labute approximate surface area is 106 Å². The van der Waals surface area contributed by atoms with E-state index < -0.39 is 6.10 Å². The highest BCUT2D eigenvalue weighted by molar-refractivity contribution is 7.99. The predicted molar refractivity (Wildman–Crippen MR) is 70.2 cm³/mol. The van der Waals surface area contributed by atoms with E-state index in [1.54, 1.807) is 24.9 Å². The Morgan fingerprint density at radius 2 is 1.94 bits per heavy atom. The third-order valence-electron chi connectivity index (χ3n) is 2.54. The van der Waals surface area contributed by atoms with Crippen molar-refractivity contribution in [2.45, 2.75) is 29.9 Å². The molecule has 1 unspecified atom stereocenters. The van der Waals surface area contributed by atoms with Gasteiger partial charge in [-0.3, -0.25) is 0 Å². The van der Waals surface area contributed by atoms with Gasteiger partial charge in [0.25, 0.3) is 0 Å². The zero-order chi connectivity index (χ0) is 12.3. The Bertz CT molecular complexity index is 497. The maximum atomic E-state index is 9.54. The van der Waals surface area contributed by atoms with Crippen LogP contribution in [0.4, 0.5) is 0 Å². The molecule has 0 spiro atoms. The summed E-state index contributed by atoms with van der Waals surface area (Å²) < 4.78 is 0. The largest absolute Gasteiger partial charge is 0.389 e. The summed E-state index contributed by atoms with van der Waals surface area (Å²) in [5, 5.41) is 10.5. The van der Waals surface area contributed by atoms with Gasteiger partial charge in [-0.1, -0.05) is 30.0 Å². The number of nitrogens with zero attached hydrogens (tertiary/aromatic N) is 1. The van der Waals surface area contributed by atoms with Gasteiger partial charge >= 0.3 is 0 Å². The van der Waals surface area contributed by atoms with Gasteiger partial charge in [0.2, 0.25) is 0 Å². The molecule has 0 radical (unpaired) electrons. The Balaban J connectivity index is 2.21. The minimum absolute atomic E-state index is 0.460. The summed E-state index contributed by atoms with van der Waals surface area (Å²) in [6, 6.07) is 12.2. The average Bonchev–Trinajstić information content (AvgIpc) is 2.30. The van der Waals surface area contributed by atoms with E-state index >= 15 is 0 Å². The first kappa shape index (κ1) is 12.1. The van der Waals surface area contributed by atoms with Crippen molar-refractivity contribution in [3.8, 4) is 0 Å². The van der Waals surface area contributed by atoms with E-state index in [0.29, 0.717) is 0 Å². The van der Waals surface area contributed by atoms with E-state index in [0.717, 1.165) is 16.2 Å². The van der Waals surface area contributed by atoms with Gasteiger partial charge < -0.3 is 5.11 Å². The zero-order valence-electron chi connectivity index (χ0n) is 9.92. The van der Waals surface area contributed by atoms with Gasteiger partial charge in [0.1, 0.15) is 5.03 Å². The van der Waals surface area contributed by atoms with Crippen molar-refractivity contribution in [2.24, 2.45) is 0 Å². The van der Waals surface area contributed by atoms with Crippen LogP contribution in [0.15, 0.2) is 52.5 Å². The molecule has 0 saturated carbocycles. The van der Waals surface area contributed by atoms with Crippen LogP contribution in [-0.2, 0) is 0 Å². The number of pyridine rings is 1. The first-order chi connectivity index (χ1) is 8.16. The number of rotatable bonds is 3. The highest BCUT2D eigenvalue weighted by Crippen LogP contribution is 2.27. The molecule has 3 heteroatoms. The summed E-state index contributed by atoms with van der Waals surface area (Å²) in [6.07, 6.45) is 1.30. The second kappa shape index (κ2) is 5.34. The van der Waals surface area contributed by atoms with Crippen molar-refractivity contribution in [1.82, 2.24) is 4.98 Å². The molecule has 1 atom stereocenters. The molecule has 1 aromatic carbocycles. The molecular weight excluding hydrogens is 230 g/mol. The third kappa shape index (κ3) is 3.08. The molecule has 1 heterocycles. The van der Waals surface area contributed by atoms with Crippen LogP contribution in [0.2, 0.25) is 0 Å². The Morgan fingerprint density at radius 3 is 2.53 bits per heavy atom. The van der Waals surface area contributed by atoms with Crippen molar-refractivity contribution in [3.05, 3.63) is 53.7 Å². The summed E-state index contributed by atoms with van der Waals surface area (Å²) in [4.78, 5) is 5.53. The van der Waals surface area contributed by atoms with Gasteiger partial charge in [0, 0.05) is 16.7 Å². The minimum atomic E-state index is -0.460.